The normalized spacial score (nSPS) is 19.0. The van der Waals surface area contributed by atoms with Crippen LogP contribution in [0, 0.1) is 0 Å². The summed E-state index contributed by atoms with van der Waals surface area (Å²) in [6.45, 7) is 0.560. The fourth-order valence-corrected chi connectivity index (χ4v) is 2.26. The molecular formula is C12H11ClF3NO2. The Labute approximate surface area is 112 Å². The number of anilines is 1. The number of esters is 1. The molecule has 0 N–H and O–H groups in total. The van der Waals surface area contributed by atoms with Gasteiger partial charge in [-0.1, -0.05) is 11.6 Å². The van der Waals surface area contributed by atoms with Crippen LogP contribution in [0.1, 0.15) is 12.0 Å². The van der Waals surface area contributed by atoms with Crippen molar-refractivity contribution in [3.63, 3.8) is 0 Å². The molecular weight excluding hydrogens is 283 g/mol. The minimum atomic E-state index is -4.43. The molecule has 7 heteroatoms. The van der Waals surface area contributed by atoms with Gasteiger partial charge in [-0.15, -0.1) is 0 Å². The van der Waals surface area contributed by atoms with E-state index in [0.717, 1.165) is 12.1 Å². The van der Waals surface area contributed by atoms with E-state index in [-0.39, 0.29) is 5.02 Å². The van der Waals surface area contributed by atoms with Gasteiger partial charge in [0, 0.05) is 6.54 Å². The molecule has 2 rings (SSSR count). The van der Waals surface area contributed by atoms with Crippen molar-refractivity contribution in [2.24, 2.45) is 0 Å². The summed E-state index contributed by atoms with van der Waals surface area (Å²) in [5, 5.41) is -0.0246. The average molecular weight is 294 g/mol. The van der Waals surface area contributed by atoms with Crippen molar-refractivity contribution in [3.05, 3.63) is 28.8 Å². The van der Waals surface area contributed by atoms with Crippen LogP contribution in [-0.4, -0.2) is 25.7 Å². The minimum Gasteiger partial charge on any atom is -0.467 e. The molecule has 3 nitrogen and oxygen atoms in total. The number of halogens is 4. The SMILES string of the molecule is COC(=O)C1CCN1c1ccc(C(F)(F)F)cc1Cl. The second-order valence-corrected chi connectivity index (χ2v) is 4.59. The van der Waals surface area contributed by atoms with Gasteiger partial charge in [0.05, 0.1) is 23.4 Å². The number of ether oxygens (including phenoxy) is 1. The summed E-state index contributed by atoms with van der Waals surface area (Å²) in [6, 6.07) is 2.62. The monoisotopic (exact) mass is 293 g/mol. The molecule has 0 aromatic heterocycles. The highest BCUT2D eigenvalue weighted by Crippen LogP contribution is 2.38. The Hall–Kier alpha value is -1.43. The lowest BCUT2D eigenvalue weighted by atomic mass is 10.0. The van der Waals surface area contributed by atoms with Crippen molar-refractivity contribution in [2.75, 3.05) is 18.6 Å². The molecule has 0 saturated carbocycles. The first kappa shape index (κ1) is 14.0. The Morgan fingerprint density at radius 3 is 2.58 bits per heavy atom. The Balaban J connectivity index is 2.25. The van der Waals surface area contributed by atoms with E-state index in [4.69, 9.17) is 11.6 Å². The predicted molar refractivity (Wildman–Crippen MR) is 64.2 cm³/mol. The Morgan fingerprint density at radius 1 is 1.47 bits per heavy atom. The fraction of sp³-hybridized carbons (Fsp3) is 0.417. The number of benzene rings is 1. The number of hydrogen-bond donors (Lipinski definition) is 0. The van der Waals surface area contributed by atoms with Gasteiger partial charge in [-0.2, -0.15) is 13.2 Å². The molecule has 1 atom stereocenters. The summed E-state index contributed by atoms with van der Waals surface area (Å²) < 4.78 is 42.1. The Bertz CT molecular complexity index is 504. The van der Waals surface area contributed by atoms with E-state index >= 15 is 0 Å². The Kier molecular flexibility index (Phi) is 3.62. The molecule has 1 aromatic carbocycles. The van der Waals surface area contributed by atoms with Crippen molar-refractivity contribution in [2.45, 2.75) is 18.6 Å². The third-order valence-corrected chi connectivity index (χ3v) is 3.38. The fourth-order valence-electron chi connectivity index (χ4n) is 1.97. The van der Waals surface area contributed by atoms with Crippen LogP contribution in [0.2, 0.25) is 5.02 Å². The first-order chi connectivity index (χ1) is 8.84. The summed E-state index contributed by atoms with van der Waals surface area (Å²) in [4.78, 5) is 13.1. The highest BCUT2D eigenvalue weighted by molar-refractivity contribution is 6.33. The molecule has 0 radical (unpaired) electrons. The molecule has 0 bridgehead atoms. The number of hydrogen-bond acceptors (Lipinski definition) is 3. The summed E-state index contributed by atoms with van der Waals surface area (Å²) in [7, 11) is 1.27. The summed E-state index contributed by atoms with van der Waals surface area (Å²) in [5.74, 6) is -0.415. The van der Waals surface area contributed by atoms with Gasteiger partial charge in [0.15, 0.2) is 0 Å². The van der Waals surface area contributed by atoms with Gasteiger partial charge in [0.1, 0.15) is 6.04 Å². The van der Waals surface area contributed by atoms with Gasteiger partial charge in [-0.3, -0.25) is 0 Å². The van der Waals surface area contributed by atoms with Crippen LogP contribution in [0.15, 0.2) is 18.2 Å². The van der Waals surface area contributed by atoms with E-state index in [1.165, 1.54) is 13.2 Å². The van der Waals surface area contributed by atoms with Crippen molar-refractivity contribution >= 4 is 23.3 Å². The van der Waals surface area contributed by atoms with Crippen LogP contribution in [0.5, 0.6) is 0 Å². The van der Waals surface area contributed by atoms with E-state index < -0.39 is 23.8 Å². The minimum absolute atomic E-state index is 0.0246. The number of carbonyl (C=O) groups excluding carboxylic acids is 1. The maximum absolute atomic E-state index is 12.5. The average Bonchev–Trinajstić information content (AvgIpc) is 2.28. The van der Waals surface area contributed by atoms with Gasteiger partial charge in [0.25, 0.3) is 0 Å². The van der Waals surface area contributed by atoms with Crippen molar-refractivity contribution in [3.8, 4) is 0 Å². The maximum atomic E-state index is 12.5. The topological polar surface area (TPSA) is 29.5 Å². The van der Waals surface area contributed by atoms with Crippen LogP contribution in [0.4, 0.5) is 18.9 Å². The van der Waals surface area contributed by atoms with Crippen molar-refractivity contribution in [1.82, 2.24) is 0 Å². The highest BCUT2D eigenvalue weighted by Gasteiger charge is 2.37. The number of alkyl halides is 3. The predicted octanol–water partition coefficient (Wildman–Crippen LogP) is 3.11. The molecule has 1 saturated heterocycles. The molecule has 0 spiro atoms. The second-order valence-electron chi connectivity index (χ2n) is 4.18. The molecule has 1 unspecified atom stereocenters. The summed E-state index contributed by atoms with van der Waals surface area (Å²) in [5.41, 5.74) is -0.396. The third-order valence-electron chi connectivity index (χ3n) is 3.08. The van der Waals surface area contributed by atoms with Crippen molar-refractivity contribution < 1.29 is 22.7 Å². The number of methoxy groups -OCH3 is 1. The van der Waals surface area contributed by atoms with Gasteiger partial charge in [-0.05, 0) is 24.6 Å². The second kappa shape index (κ2) is 4.92. The van der Waals surface area contributed by atoms with Gasteiger partial charge in [-0.25, -0.2) is 4.79 Å². The van der Waals surface area contributed by atoms with E-state index in [1.807, 2.05) is 0 Å². The Morgan fingerprint density at radius 2 is 2.16 bits per heavy atom. The lowest BCUT2D eigenvalue weighted by Crippen LogP contribution is -2.53. The first-order valence-corrected chi connectivity index (χ1v) is 5.93. The number of carbonyl (C=O) groups is 1. The highest BCUT2D eigenvalue weighted by atomic mass is 35.5. The summed E-state index contributed by atoms with van der Waals surface area (Å²) in [6.07, 6.45) is -3.83. The zero-order valence-electron chi connectivity index (χ0n) is 10.00. The lowest BCUT2D eigenvalue weighted by Gasteiger charge is -2.41. The molecule has 0 amide bonds. The largest absolute Gasteiger partial charge is 0.467 e. The molecule has 0 aliphatic carbocycles. The van der Waals surface area contributed by atoms with Crippen LogP contribution in [0.3, 0.4) is 0 Å². The number of nitrogens with zero attached hydrogens (tertiary/aromatic N) is 1. The molecule has 1 fully saturated rings. The van der Waals surface area contributed by atoms with E-state index in [1.54, 1.807) is 4.90 Å². The lowest BCUT2D eigenvalue weighted by molar-refractivity contribution is -0.143. The van der Waals surface area contributed by atoms with Crippen LogP contribution >= 0.6 is 11.6 Å². The van der Waals surface area contributed by atoms with Gasteiger partial charge >= 0.3 is 12.1 Å². The quantitative estimate of drug-likeness (QED) is 0.785. The van der Waals surface area contributed by atoms with E-state index in [0.29, 0.717) is 18.7 Å². The standard InChI is InChI=1S/C12H11ClF3NO2/c1-19-11(18)10-4-5-17(10)9-3-2-7(6-8(9)13)12(14,15)16/h2-3,6,10H,4-5H2,1H3. The maximum Gasteiger partial charge on any atom is 0.416 e. The van der Waals surface area contributed by atoms with Crippen LogP contribution < -0.4 is 4.90 Å². The van der Waals surface area contributed by atoms with Gasteiger partial charge < -0.3 is 9.64 Å². The number of rotatable bonds is 2. The molecule has 104 valence electrons. The first-order valence-electron chi connectivity index (χ1n) is 5.56. The molecule has 19 heavy (non-hydrogen) atoms. The summed E-state index contributed by atoms with van der Waals surface area (Å²) >= 11 is 5.86. The van der Waals surface area contributed by atoms with Crippen molar-refractivity contribution in [1.29, 1.82) is 0 Å². The molecule has 1 heterocycles. The third kappa shape index (κ3) is 2.63. The van der Waals surface area contributed by atoms with E-state index in [2.05, 4.69) is 4.74 Å². The zero-order valence-corrected chi connectivity index (χ0v) is 10.8. The van der Waals surface area contributed by atoms with E-state index in [9.17, 15) is 18.0 Å². The zero-order chi connectivity index (χ0) is 14.2. The molecule has 1 aliphatic heterocycles. The molecule has 1 aromatic rings. The van der Waals surface area contributed by atoms with Gasteiger partial charge in [0.2, 0.25) is 0 Å². The molecule has 1 aliphatic rings. The smallest absolute Gasteiger partial charge is 0.416 e. The van der Waals surface area contributed by atoms with Crippen LogP contribution in [0.25, 0.3) is 0 Å². The van der Waals surface area contributed by atoms with Crippen LogP contribution in [-0.2, 0) is 15.7 Å².